The van der Waals surface area contributed by atoms with Gasteiger partial charge in [0, 0.05) is 26.1 Å². The Labute approximate surface area is 205 Å². The second-order valence-corrected chi connectivity index (χ2v) is 10.1. The Kier molecular flexibility index (Phi) is 8.13. The number of hydrogen-bond acceptors (Lipinski definition) is 4. The van der Waals surface area contributed by atoms with Crippen molar-refractivity contribution in [2.75, 3.05) is 19.6 Å². The first-order chi connectivity index (χ1) is 16.1. The lowest BCUT2D eigenvalue weighted by atomic mass is 9.90. The minimum atomic E-state index is -0.114. The van der Waals surface area contributed by atoms with Crippen LogP contribution in [0.5, 0.6) is 0 Å². The van der Waals surface area contributed by atoms with Crippen LogP contribution in [0.25, 0.3) is 6.08 Å². The lowest BCUT2D eigenvalue weighted by Crippen LogP contribution is -2.41. The molecule has 2 aromatic rings. The lowest BCUT2D eigenvalue weighted by Gasteiger charge is -2.32. The van der Waals surface area contributed by atoms with Gasteiger partial charge in [0.1, 0.15) is 4.32 Å². The number of hydrogen-bond donors (Lipinski definition) is 0. The number of thioether (sulfide) groups is 1. The SMILES string of the molecule is O=C(CCN1C(=O)/C(=C/C=C/c2ccccc2)SC1=S)N1CCC(Cc2ccccc2)CC1. The van der Waals surface area contributed by atoms with Crippen LogP contribution >= 0.6 is 24.0 Å². The van der Waals surface area contributed by atoms with Gasteiger partial charge < -0.3 is 4.90 Å². The molecule has 0 N–H and O–H groups in total. The summed E-state index contributed by atoms with van der Waals surface area (Å²) in [6.07, 6.45) is 9.05. The molecule has 2 fully saturated rings. The Hall–Kier alpha value is -2.70. The summed E-state index contributed by atoms with van der Waals surface area (Å²) in [6, 6.07) is 20.5. The summed E-state index contributed by atoms with van der Waals surface area (Å²) in [5, 5.41) is 0. The Morgan fingerprint density at radius 3 is 2.39 bits per heavy atom. The van der Waals surface area contributed by atoms with E-state index < -0.39 is 0 Å². The van der Waals surface area contributed by atoms with Gasteiger partial charge in [-0.2, -0.15) is 0 Å². The first-order valence-corrected chi connectivity index (χ1v) is 12.6. The third-order valence-corrected chi connectivity index (χ3v) is 7.49. The standard InChI is InChI=1S/C27H28N2O2S2/c30-25(28-17-14-23(15-18-28)20-22-10-5-2-6-11-22)16-19-29-26(31)24(33-27(29)32)13-7-12-21-8-3-1-4-9-21/h1-13,23H,14-20H2/b12-7+,24-13-. The van der Waals surface area contributed by atoms with Crippen LogP contribution in [0, 0.1) is 5.92 Å². The average Bonchev–Trinajstić information content (AvgIpc) is 3.11. The lowest BCUT2D eigenvalue weighted by molar-refractivity contribution is -0.133. The molecule has 4 rings (SSSR count). The van der Waals surface area contributed by atoms with Gasteiger partial charge >= 0.3 is 0 Å². The van der Waals surface area contributed by atoms with Gasteiger partial charge in [-0.3, -0.25) is 14.5 Å². The predicted octanol–water partition coefficient (Wildman–Crippen LogP) is 5.32. The minimum absolute atomic E-state index is 0.107. The smallest absolute Gasteiger partial charge is 0.266 e. The fourth-order valence-corrected chi connectivity index (χ4v) is 5.48. The second kappa shape index (κ2) is 11.4. The molecule has 6 heteroatoms. The molecule has 2 aromatic carbocycles. The topological polar surface area (TPSA) is 40.6 Å². The first-order valence-electron chi connectivity index (χ1n) is 11.4. The van der Waals surface area contributed by atoms with Crippen molar-refractivity contribution in [2.45, 2.75) is 25.7 Å². The van der Waals surface area contributed by atoms with Crippen molar-refractivity contribution in [1.82, 2.24) is 9.80 Å². The van der Waals surface area contributed by atoms with Crippen molar-refractivity contribution in [3.63, 3.8) is 0 Å². The summed E-state index contributed by atoms with van der Waals surface area (Å²) >= 11 is 6.70. The van der Waals surface area contributed by atoms with Crippen molar-refractivity contribution >= 4 is 46.2 Å². The molecule has 2 saturated heterocycles. The molecule has 33 heavy (non-hydrogen) atoms. The maximum absolute atomic E-state index is 12.8. The number of likely N-dealkylation sites (tertiary alicyclic amines) is 1. The van der Waals surface area contributed by atoms with Crippen LogP contribution < -0.4 is 0 Å². The molecule has 0 bridgehead atoms. The van der Waals surface area contributed by atoms with Gasteiger partial charge in [-0.05, 0) is 42.4 Å². The number of thiocarbonyl (C=S) groups is 1. The third-order valence-electron chi connectivity index (χ3n) is 6.09. The number of nitrogens with zero attached hydrogens (tertiary/aromatic N) is 2. The van der Waals surface area contributed by atoms with Gasteiger partial charge in [0.05, 0.1) is 4.91 Å². The number of piperidine rings is 1. The van der Waals surface area contributed by atoms with Gasteiger partial charge in [-0.15, -0.1) is 0 Å². The first kappa shape index (κ1) is 23.5. The van der Waals surface area contributed by atoms with Crippen LogP contribution in [-0.4, -0.2) is 45.6 Å². The van der Waals surface area contributed by atoms with E-state index in [-0.39, 0.29) is 11.8 Å². The zero-order chi connectivity index (χ0) is 23.0. The zero-order valence-electron chi connectivity index (χ0n) is 18.6. The van der Waals surface area contributed by atoms with E-state index in [4.69, 9.17) is 12.2 Å². The van der Waals surface area contributed by atoms with Crippen LogP contribution in [0.4, 0.5) is 0 Å². The van der Waals surface area contributed by atoms with Crippen molar-refractivity contribution < 1.29 is 9.59 Å². The van der Waals surface area contributed by atoms with E-state index in [9.17, 15) is 9.59 Å². The maximum atomic E-state index is 12.8. The molecule has 0 radical (unpaired) electrons. The van der Waals surface area contributed by atoms with Gasteiger partial charge in [0.25, 0.3) is 5.91 Å². The molecule has 0 aromatic heterocycles. The molecule has 170 valence electrons. The maximum Gasteiger partial charge on any atom is 0.266 e. The molecule has 0 unspecified atom stereocenters. The van der Waals surface area contributed by atoms with Crippen LogP contribution in [0.1, 0.15) is 30.4 Å². The summed E-state index contributed by atoms with van der Waals surface area (Å²) in [5.41, 5.74) is 2.44. The minimum Gasteiger partial charge on any atom is -0.343 e. The highest BCUT2D eigenvalue weighted by Crippen LogP contribution is 2.31. The zero-order valence-corrected chi connectivity index (χ0v) is 20.2. The van der Waals surface area contributed by atoms with Gasteiger partial charge in [-0.25, -0.2) is 0 Å². The molecule has 2 amide bonds. The van der Waals surface area contributed by atoms with Gasteiger partial charge in [0.2, 0.25) is 5.91 Å². The highest BCUT2D eigenvalue weighted by molar-refractivity contribution is 8.26. The van der Waals surface area contributed by atoms with Crippen LogP contribution in [-0.2, 0) is 16.0 Å². The highest BCUT2D eigenvalue weighted by atomic mass is 32.2. The number of amides is 2. The summed E-state index contributed by atoms with van der Waals surface area (Å²) in [4.78, 5) is 29.6. The van der Waals surface area contributed by atoms with E-state index in [1.165, 1.54) is 17.3 Å². The van der Waals surface area contributed by atoms with Crippen molar-refractivity contribution in [3.8, 4) is 0 Å². The quantitative estimate of drug-likeness (QED) is 0.401. The van der Waals surface area contributed by atoms with Crippen LogP contribution in [0.15, 0.2) is 77.7 Å². The molecular formula is C27H28N2O2S2. The second-order valence-electron chi connectivity index (χ2n) is 8.39. The molecule has 2 aliphatic rings. The molecule has 0 aliphatic carbocycles. The van der Waals surface area contributed by atoms with E-state index in [2.05, 4.69) is 24.3 Å². The number of benzene rings is 2. The van der Waals surface area contributed by atoms with Gasteiger partial charge in [-0.1, -0.05) is 96.8 Å². The Bertz CT molecular complexity index is 1040. The highest BCUT2D eigenvalue weighted by Gasteiger charge is 2.32. The van der Waals surface area contributed by atoms with E-state index >= 15 is 0 Å². The molecule has 0 saturated carbocycles. The number of carbonyl (C=O) groups excluding carboxylic acids is 2. The fraction of sp³-hybridized carbons (Fsp3) is 0.296. The molecule has 0 spiro atoms. The molecule has 4 nitrogen and oxygen atoms in total. The van der Waals surface area contributed by atoms with E-state index in [0.717, 1.165) is 37.9 Å². The predicted molar refractivity (Wildman–Crippen MR) is 140 cm³/mol. The fourth-order valence-electron chi connectivity index (χ4n) is 4.22. The summed E-state index contributed by atoms with van der Waals surface area (Å²) in [5.74, 6) is 0.615. The van der Waals surface area contributed by atoms with Gasteiger partial charge in [0.15, 0.2) is 0 Å². The van der Waals surface area contributed by atoms with Crippen molar-refractivity contribution in [1.29, 1.82) is 0 Å². The normalized spacial score (nSPS) is 18.6. The molecule has 2 aliphatic heterocycles. The molecule has 0 atom stereocenters. The number of rotatable bonds is 7. The van der Waals surface area contributed by atoms with Crippen molar-refractivity contribution in [2.24, 2.45) is 5.92 Å². The monoisotopic (exact) mass is 476 g/mol. The average molecular weight is 477 g/mol. The largest absolute Gasteiger partial charge is 0.343 e. The van der Waals surface area contributed by atoms with Crippen LogP contribution in [0.3, 0.4) is 0 Å². The molecular weight excluding hydrogens is 448 g/mol. The van der Waals surface area contributed by atoms with E-state index in [1.807, 2.05) is 53.5 Å². The Balaban J connectivity index is 1.23. The Morgan fingerprint density at radius 2 is 1.70 bits per heavy atom. The summed E-state index contributed by atoms with van der Waals surface area (Å²) in [6.45, 7) is 1.92. The third kappa shape index (κ3) is 6.42. The molecule has 2 heterocycles. The van der Waals surface area contributed by atoms with Crippen molar-refractivity contribution in [3.05, 3.63) is 88.8 Å². The van der Waals surface area contributed by atoms with Crippen LogP contribution in [0.2, 0.25) is 0 Å². The van der Waals surface area contributed by atoms with E-state index in [0.29, 0.717) is 28.1 Å². The Morgan fingerprint density at radius 1 is 1.03 bits per heavy atom. The summed E-state index contributed by atoms with van der Waals surface area (Å²) in [7, 11) is 0. The number of allylic oxidation sites excluding steroid dienone is 2. The summed E-state index contributed by atoms with van der Waals surface area (Å²) < 4.78 is 0.522. The number of carbonyl (C=O) groups is 2. The van der Waals surface area contributed by atoms with E-state index in [1.54, 1.807) is 11.0 Å².